The molecule has 6 rings (SSSR count). The molecule has 2 aromatic carbocycles. The first kappa shape index (κ1) is 30.8. The minimum absolute atomic E-state index is 0.156. The van der Waals surface area contributed by atoms with Crippen molar-refractivity contribution in [2.24, 2.45) is 9.98 Å². The number of ether oxygens (including phenoxy) is 2. The number of amides is 1. The molecule has 0 aromatic heterocycles. The number of piperazine rings is 1. The van der Waals surface area contributed by atoms with Gasteiger partial charge in [-0.25, -0.2) is 14.4 Å². The van der Waals surface area contributed by atoms with Crippen LogP contribution >= 0.6 is 0 Å². The van der Waals surface area contributed by atoms with Crippen molar-refractivity contribution in [2.45, 2.75) is 37.6 Å². The lowest BCUT2D eigenvalue weighted by molar-refractivity contribution is -0.138. The van der Waals surface area contributed by atoms with E-state index in [-0.39, 0.29) is 37.5 Å². The third kappa shape index (κ3) is 7.36. The number of nitrogens with zero attached hydrogens (tertiary/aromatic N) is 6. The number of hydrogen-bond donors (Lipinski definition) is 3. The number of nitriles is 1. The lowest BCUT2D eigenvalue weighted by Gasteiger charge is -2.41. The molecule has 0 spiro atoms. The largest absolute Gasteiger partial charge is 0.486 e. The maximum atomic E-state index is 14.8. The Bertz CT molecular complexity index is 1450. The van der Waals surface area contributed by atoms with Gasteiger partial charge in [0, 0.05) is 75.3 Å². The molecule has 0 unspecified atom stereocenters. The number of anilines is 2. The molecule has 45 heavy (non-hydrogen) atoms. The number of halogens is 1. The maximum absolute atomic E-state index is 14.8. The number of likely N-dealkylation sites (tertiary alicyclic amines) is 1. The number of rotatable bonds is 7. The number of aliphatic imine (C=N–C) groups is 2. The van der Waals surface area contributed by atoms with Gasteiger partial charge in [-0.15, -0.1) is 0 Å². The van der Waals surface area contributed by atoms with Gasteiger partial charge in [0.15, 0.2) is 6.17 Å². The number of amidine groups is 1. The van der Waals surface area contributed by atoms with Crippen molar-refractivity contribution in [1.29, 1.82) is 5.26 Å². The monoisotopic (exact) mass is 618 g/mol. The molecule has 4 heterocycles. The van der Waals surface area contributed by atoms with Crippen LogP contribution in [0.1, 0.15) is 30.4 Å². The summed E-state index contributed by atoms with van der Waals surface area (Å²) in [6.07, 6.45) is 0.279. The maximum Gasteiger partial charge on any atom is 0.248 e. The summed E-state index contributed by atoms with van der Waals surface area (Å²) in [5, 5.41) is 25.4. The van der Waals surface area contributed by atoms with Crippen molar-refractivity contribution in [3.8, 4) is 11.8 Å². The number of nitrogens with one attached hydrogen (secondary N) is 2. The number of aliphatic hydroxyl groups is 1. The second-order valence-electron chi connectivity index (χ2n) is 11.6. The van der Waals surface area contributed by atoms with Gasteiger partial charge in [0.05, 0.1) is 12.1 Å². The third-order valence-corrected chi connectivity index (χ3v) is 8.83. The summed E-state index contributed by atoms with van der Waals surface area (Å²) in [6, 6.07) is 16.2. The molecule has 0 radical (unpaired) electrons. The van der Waals surface area contributed by atoms with Crippen molar-refractivity contribution in [3.05, 3.63) is 53.6 Å². The van der Waals surface area contributed by atoms with Crippen molar-refractivity contribution in [3.63, 3.8) is 0 Å². The van der Waals surface area contributed by atoms with Crippen molar-refractivity contribution in [1.82, 2.24) is 15.1 Å². The van der Waals surface area contributed by atoms with Crippen LogP contribution in [0, 0.1) is 11.3 Å². The topological polar surface area (TPSA) is 138 Å². The molecular formula is C32H39FN8O4. The predicted octanol–water partition coefficient (Wildman–Crippen LogP) is 1.94. The van der Waals surface area contributed by atoms with E-state index in [2.05, 4.69) is 48.6 Å². The highest BCUT2D eigenvalue weighted by Crippen LogP contribution is 2.26. The van der Waals surface area contributed by atoms with Gasteiger partial charge in [-0.1, -0.05) is 0 Å². The summed E-state index contributed by atoms with van der Waals surface area (Å²) in [6.45, 7) is 5.57. The first-order valence-corrected chi connectivity index (χ1v) is 15.5. The molecule has 3 saturated heterocycles. The van der Waals surface area contributed by atoms with Crippen LogP contribution in [0.4, 0.5) is 15.8 Å². The molecule has 238 valence electrons. The van der Waals surface area contributed by atoms with E-state index in [4.69, 9.17) is 14.6 Å². The van der Waals surface area contributed by atoms with Gasteiger partial charge in [0.1, 0.15) is 37.0 Å². The van der Waals surface area contributed by atoms with E-state index in [0.29, 0.717) is 23.4 Å². The highest BCUT2D eigenvalue weighted by molar-refractivity contribution is 6.13. The Morgan fingerprint density at radius 3 is 2.58 bits per heavy atom. The second kappa shape index (κ2) is 14.2. The van der Waals surface area contributed by atoms with Crippen LogP contribution < -0.4 is 20.3 Å². The van der Waals surface area contributed by atoms with Crippen LogP contribution in [0.25, 0.3) is 0 Å². The van der Waals surface area contributed by atoms with Gasteiger partial charge in [-0.3, -0.25) is 9.69 Å². The lowest BCUT2D eigenvalue weighted by Crippen LogP contribution is -2.51. The molecular weight excluding hydrogens is 579 g/mol. The van der Waals surface area contributed by atoms with E-state index >= 15 is 0 Å². The van der Waals surface area contributed by atoms with Gasteiger partial charge >= 0.3 is 0 Å². The second-order valence-corrected chi connectivity index (χ2v) is 11.6. The molecule has 1 amide bonds. The number of carbonyl (C=O) groups is 1. The Morgan fingerprint density at radius 2 is 1.87 bits per heavy atom. The fourth-order valence-corrected chi connectivity index (χ4v) is 6.26. The Labute approximate surface area is 262 Å². The molecule has 0 bridgehead atoms. The van der Waals surface area contributed by atoms with E-state index in [1.54, 1.807) is 18.2 Å². The Kier molecular flexibility index (Phi) is 9.73. The van der Waals surface area contributed by atoms with Gasteiger partial charge in [0.2, 0.25) is 11.9 Å². The molecule has 4 aliphatic rings. The highest BCUT2D eigenvalue weighted by Gasteiger charge is 2.33. The van der Waals surface area contributed by atoms with E-state index in [1.807, 2.05) is 12.1 Å². The van der Waals surface area contributed by atoms with Gasteiger partial charge in [0.25, 0.3) is 0 Å². The molecule has 12 nitrogen and oxygen atoms in total. The van der Waals surface area contributed by atoms with Crippen molar-refractivity contribution < 1.29 is 23.8 Å². The quantitative estimate of drug-likeness (QED) is 0.425. The number of aliphatic hydroxyl groups excluding tert-OH is 1. The normalized spacial score (nSPS) is 23.0. The predicted molar refractivity (Wildman–Crippen MR) is 168 cm³/mol. The molecule has 4 aliphatic heterocycles. The molecule has 13 heteroatoms. The molecule has 3 fully saturated rings. The minimum Gasteiger partial charge on any atom is -0.486 e. The van der Waals surface area contributed by atoms with E-state index in [1.165, 1.54) is 10.6 Å². The van der Waals surface area contributed by atoms with E-state index < -0.39 is 24.8 Å². The molecule has 0 saturated carbocycles. The number of piperidine rings is 1. The van der Waals surface area contributed by atoms with E-state index in [0.717, 1.165) is 57.9 Å². The van der Waals surface area contributed by atoms with Gasteiger partial charge < -0.3 is 35.0 Å². The third-order valence-electron chi connectivity index (χ3n) is 8.83. The van der Waals surface area contributed by atoms with Gasteiger partial charge in [-0.05, 0) is 55.3 Å². The Balaban J connectivity index is 1.02. The van der Waals surface area contributed by atoms with Crippen molar-refractivity contribution >= 4 is 29.1 Å². The van der Waals surface area contributed by atoms with Crippen LogP contribution in [0.3, 0.4) is 0 Å². The minimum atomic E-state index is -1.43. The standard InChI is InChI=1S/C32H39FN8O4/c33-27-19-41(30(43)20-42)10-7-29(27)45-28-6-1-22(17-23(28)18-34)31-35-21-36-32(38-31)37-24-2-4-25(5-3-24)39-11-13-40(14-12-39)26-8-15-44-16-9-26/h1-6,17,26-27,29,42H,7-16,19-21H2,(H2,35,36,37,38)/t27-,29+/m1/s1. The Morgan fingerprint density at radius 1 is 1.09 bits per heavy atom. The zero-order chi connectivity index (χ0) is 31.2. The van der Waals surface area contributed by atoms with Gasteiger partial charge in [-0.2, -0.15) is 5.26 Å². The number of benzene rings is 2. The van der Waals surface area contributed by atoms with Crippen LogP contribution in [-0.2, 0) is 9.53 Å². The van der Waals surface area contributed by atoms with Crippen LogP contribution in [0.2, 0.25) is 0 Å². The van der Waals surface area contributed by atoms with Crippen LogP contribution in [0.15, 0.2) is 52.4 Å². The summed E-state index contributed by atoms with van der Waals surface area (Å²) in [5.74, 6) is 0.850. The summed E-state index contributed by atoms with van der Waals surface area (Å²) in [4.78, 5) is 26.9. The number of alkyl halides is 1. The number of hydrogen-bond acceptors (Lipinski definition) is 11. The first-order valence-electron chi connectivity index (χ1n) is 15.5. The summed E-state index contributed by atoms with van der Waals surface area (Å²) in [7, 11) is 0. The zero-order valence-corrected chi connectivity index (χ0v) is 25.2. The molecule has 0 aliphatic carbocycles. The fraction of sp³-hybridized carbons (Fsp3) is 0.500. The first-order chi connectivity index (χ1) is 22.0. The molecule has 3 N–H and O–H groups in total. The lowest BCUT2D eigenvalue weighted by atomic mass is 10.0. The van der Waals surface area contributed by atoms with E-state index in [9.17, 15) is 14.4 Å². The fourth-order valence-electron chi connectivity index (χ4n) is 6.26. The number of carbonyl (C=O) groups excluding carboxylic acids is 1. The molecule has 2 atom stereocenters. The van der Waals surface area contributed by atoms with Crippen LogP contribution in [0.5, 0.6) is 5.75 Å². The SMILES string of the molecule is N#Cc1cc(C2=NCN=C(Nc3ccc(N4CCN(C5CCOCC5)CC4)cc3)N2)ccc1O[C@H]1CCN(C(=O)CO)C[C@H]1F. The molecule has 2 aromatic rings. The summed E-state index contributed by atoms with van der Waals surface area (Å²) in [5.41, 5.74) is 3.01. The van der Waals surface area contributed by atoms with Crippen molar-refractivity contribution in [2.75, 3.05) is 76.0 Å². The number of guanidine groups is 1. The zero-order valence-electron chi connectivity index (χ0n) is 25.2. The average molecular weight is 619 g/mol. The smallest absolute Gasteiger partial charge is 0.248 e. The summed E-state index contributed by atoms with van der Waals surface area (Å²) >= 11 is 0. The highest BCUT2D eigenvalue weighted by atomic mass is 19.1. The summed E-state index contributed by atoms with van der Waals surface area (Å²) < 4.78 is 26.2. The van der Waals surface area contributed by atoms with Crippen LogP contribution in [-0.4, -0.2) is 117 Å². The average Bonchev–Trinajstić information content (AvgIpc) is 3.10. The Hall–Kier alpha value is -4.25.